The van der Waals surface area contributed by atoms with Crippen LogP contribution in [0.5, 0.6) is 5.75 Å². The molecule has 0 aliphatic rings. The van der Waals surface area contributed by atoms with Gasteiger partial charge in [-0.15, -0.1) is 0 Å². The van der Waals surface area contributed by atoms with Gasteiger partial charge < -0.3 is 9.52 Å². The van der Waals surface area contributed by atoms with Crippen molar-refractivity contribution in [3.63, 3.8) is 0 Å². The van der Waals surface area contributed by atoms with Gasteiger partial charge in [0.2, 0.25) is 0 Å². The summed E-state index contributed by atoms with van der Waals surface area (Å²) in [4.78, 5) is 12.0. The molecule has 1 N–H and O–H groups in total. The van der Waals surface area contributed by atoms with E-state index in [9.17, 15) is 9.90 Å². The van der Waals surface area contributed by atoms with Gasteiger partial charge >= 0.3 is 5.63 Å². The molecule has 0 bridgehead atoms. The number of nitrogens with zero attached hydrogens (tertiary/aromatic N) is 2. The molecule has 0 aliphatic heterocycles. The first kappa shape index (κ1) is 12.2. The molecule has 0 saturated heterocycles. The first-order valence-electron chi connectivity index (χ1n) is 6.10. The van der Waals surface area contributed by atoms with E-state index in [0.29, 0.717) is 11.5 Å². The molecule has 5 nitrogen and oxygen atoms in total. The van der Waals surface area contributed by atoms with Gasteiger partial charge in [0.05, 0.1) is 17.6 Å². The summed E-state index contributed by atoms with van der Waals surface area (Å²) in [5, 5.41) is 14.2. The summed E-state index contributed by atoms with van der Waals surface area (Å²) >= 11 is 0. The zero-order valence-electron chi connectivity index (χ0n) is 10.8. The first-order valence-corrected chi connectivity index (χ1v) is 6.10. The molecule has 0 amide bonds. The second kappa shape index (κ2) is 4.70. The van der Waals surface area contributed by atoms with Crippen molar-refractivity contribution in [2.75, 3.05) is 0 Å². The molecule has 20 heavy (non-hydrogen) atoms. The van der Waals surface area contributed by atoms with Gasteiger partial charge in [-0.25, -0.2) is 9.48 Å². The third kappa shape index (κ3) is 1.99. The smallest absolute Gasteiger partial charge is 0.349 e. The molecule has 0 spiro atoms. The third-order valence-electron chi connectivity index (χ3n) is 2.95. The predicted octanol–water partition coefficient (Wildman–Crippen LogP) is 2.51. The zero-order valence-corrected chi connectivity index (χ0v) is 10.8. The second-order valence-electron chi connectivity index (χ2n) is 4.37. The maximum Gasteiger partial charge on any atom is 0.349 e. The summed E-state index contributed by atoms with van der Waals surface area (Å²) in [5.41, 5.74) is 0.812. The highest BCUT2D eigenvalue weighted by Gasteiger charge is 2.17. The Morgan fingerprint density at radius 3 is 2.65 bits per heavy atom. The van der Waals surface area contributed by atoms with Crippen molar-refractivity contribution in [2.45, 2.75) is 6.92 Å². The molecule has 0 saturated carbocycles. The summed E-state index contributed by atoms with van der Waals surface area (Å²) in [6.45, 7) is 1.61. The Hall–Kier alpha value is -2.82. The Labute approximate surface area is 114 Å². The van der Waals surface area contributed by atoms with Gasteiger partial charge in [-0.1, -0.05) is 18.2 Å². The Balaban J connectivity index is 2.24. The Morgan fingerprint density at radius 1 is 1.20 bits per heavy atom. The van der Waals surface area contributed by atoms with Crippen molar-refractivity contribution in [2.24, 2.45) is 0 Å². The van der Waals surface area contributed by atoms with Gasteiger partial charge in [-0.3, -0.25) is 0 Å². The fourth-order valence-electron chi connectivity index (χ4n) is 2.10. The molecule has 2 heterocycles. The lowest BCUT2D eigenvalue weighted by Crippen LogP contribution is -2.08. The molecule has 0 unspecified atom stereocenters. The second-order valence-corrected chi connectivity index (χ2v) is 4.37. The molecule has 0 radical (unpaired) electrons. The molecule has 0 aliphatic carbocycles. The minimum atomic E-state index is -0.583. The molecule has 100 valence electrons. The summed E-state index contributed by atoms with van der Waals surface area (Å²) in [6.07, 6.45) is 1.57. The number of aromatic nitrogens is 2. The lowest BCUT2D eigenvalue weighted by molar-refractivity contribution is 0.437. The first-order chi connectivity index (χ1) is 9.66. The highest BCUT2D eigenvalue weighted by atomic mass is 16.4. The van der Waals surface area contributed by atoms with Crippen LogP contribution in [0.2, 0.25) is 0 Å². The van der Waals surface area contributed by atoms with Crippen LogP contribution in [0.4, 0.5) is 0 Å². The molecule has 2 aromatic heterocycles. The van der Waals surface area contributed by atoms with E-state index in [2.05, 4.69) is 5.10 Å². The topological polar surface area (TPSA) is 68.3 Å². The number of aromatic hydroxyl groups is 1. The minimum absolute atomic E-state index is 0.108. The molecule has 0 atom stereocenters. The van der Waals surface area contributed by atoms with Crippen molar-refractivity contribution in [3.05, 3.63) is 64.8 Å². The van der Waals surface area contributed by atoms with Crippen LogP contribution < -0.4 is 5.63 Å². The van der Waals surface area contributed by atoms with Gasteiger partial charge in [0.1, 0.15) is 17.1 Å². The molecule has 5 heteroatoms. The number of para-hydroxylation sites is 1. The van der Waals surface area contributed by atoms with Gasteiger partial charge in [-0.2, -0.15) is 5.10 Å². The Kier molecular flexibility index (Phi) is 2.87. The van der Waals surface area contributed by atoms with Crippen LogP contribution in [0, 0.1) is 6.92 Å². The van der Waals surface area contributed by atoms with Gasteiger partial charge in [0.15, 0.2) is 0 Å². The van der Waals surface area contributed by atoms with Crippen molar-refractivity contribution >= 4 is 0 Å². The fraction of sp³-hybridized carbons (Fsp3) is 0.0667. The number of benzene rings is 1. The molecule has 0 fully saturated rings. The van der Waals surface area contributed by atoms with E-state index in [1.54, 1.807) is 23.9 Å². The molecular weight excluding hydrogens is 256 g/mol. The number of aryl methyl sites for hydroxylation is 1. The summed E-state index contributed by atoms with van der Waals surface area (Å²) in [6, 6.07) is 12.4. The monoisotopic (exact) mass is 268 g/mol. The molecule has 3 rings (SSSR count). The van der Waals surface area contributed by atoms with Crippen LogP contribution in [-0.4, -0.2) is 14.9 Å². The quantitative estimate of drug-likeness (QED) is 0.775. The maximum absolute atomic E-state index is 12.0. The van der Waals surface area contributed by atoms with Crippen LogP contribution in [0.3, 0.4) is 0 Å². The standard InChI is InChI=1S/C15H12N2O3/c1-10-9-13(18)14(15(19)20-10)12-7-8-16-17(12)11-5-3-2-4-6-11/h2-9,18H,1H3. The van der Waals surface area contributed by atoms with Crippen molar-refractivity contribution in [3.8, 4) is 22.7 Å². The van der Waals surface area contributed by atoms with Crippen molar-refractivity contribution in [1.82, 2.24) is 9.78 Å². The zero-order chi connectivity index (χ0) is 14.1. The lowest BCUT2D eigenvalue weighted by Gasteiger charge is -2.08. The Morgan fingerprint density at radius 2 is 1.95 bits per heavy atom. The summed E-state index contributed by atoms with van der Waals surface area (Å²) < 4.78 is 6.63. The van der Waals surface area contributed by atoms with E-state index < -0.39 is 5.63 Å². The highest BCUT2D eigenvalue weighted by molar-refractivity contribution is 5.67. The third-order valence-corrected chi connectivity index (χ3v) is 2.95. The fourth-order valence-corrected chi connectivity index (χ4v) is 2.10. The largest absolute Gasteiger partial charge is 0.507 e. The van der Waals surface area contributed by atoms with E-state index in [-0.39, 0.29) is 11.3 Å². The average Bonchev–Trinajstić information content (AvgIpc) is 2.87. The van der Waals surface area contributed by atoms with Crippen molar-refractivity contribution in [1.29, 1.82) is 0 Å². The van der Waals surface area contributed by atoms with Gasteiger partial charge in [-0.05, 0) is 25.1 Å². The highest BCUT2D eigenvalue weighted by Crippen LogP contribution is 2.27. The van der Waals surface area contributed by atoms with Crippen LogP contribution in [0.15, 0.2) is 57.9 Å². The maximum atomic E-state index is 12.0. The normalized spacial score (nSPS) is 10.7. The van der Waals surface area contributed by atoms with E-state index in [1.165, 1.54) is 6.07 Å². The SMILES string of the molecule is Cc1cc(O)c(-c2ccnn2-c2ccccc2)c(=O)o1. The van der Waals surface area contributed by atoms with Gasteiger partial charge in [0.25, 0.3) is 0 Å². The summed E-state index contributed by atoms with van der Waals surface area (Å²) in [7, 11) is 0. The molecule has 3 aromatic rings. The van der Waals surface area contributed by atoms with E-state index in [1.807, 2.05) is 30.3 Å². The van der Waals surface area contributed by atoms with E-state index >= 15 is 0 Å². The van der Waals surface area contributed by atoms with Crippen LogP contribution in [0.1, 0.15) is 5.76 Å². The lowest BCUT2D eigenvalue weighted by atomic mass is 10.2. The number of hydrogen-bond donors (Lipinski definition) is 1. The van der Waals surface area contributed by atoms with Crippen molar-refractivity contribution < 1.29 is 9.52 Å². The average molecular weight is 268 g/mol. The molecular formula is C15H12N2O3. The van der Waals surface area contributed by atoms with Crippen LogP contribution >= 0.6 is 0 Å². The number of hydrogen-bond acceptors (Lipinski definition) is 4. The van der Waals surface area contributed by atoms with E-state index in [0.717, 1.165) is 5.69 Å². The summed E-state index contributed by atoms with van der Waals surface area (Å²) in [5.74, 6) is 0.249. The Bertz CT molecular complexity index is 803. The molecule has 1 aromatic carbocycles. The van der Waals surface area contributed by atoms with Crippen LogP contribution in [0.25, 0.3) is 16.9 Å². The van der Waals surface area contributed by atoms with Gasteiger partial charge in [0, 0.05) is 6.07 Å². The van der Waals surface area contributed by atoms with E-state index in [4.69, 9.17) is 4.42 Å². The number of rotatable bonds is 2. The van der Waals surface area contributed by atoms with Crippen LogP contribution in [-0.2, 0) is 0 Å². The predicted molar refractivity (Wildman–Crippen MR) is 73.9 cm³/mol. The minimum Gasteiger partial charge on any atom is -0.507 e.